The topological polar surface area (TPSA) is 54.1 Å². The number of benzene rings is 4. The number of hydrogen-bond acceptors (Lipinski definition) is 4. The molecule has 0 aliphatic carbocycles. The van der Waals surface area contributed by atoms with E-state index in [0.29, 0.717) is 11.5 Å². The number of pyridine rings is 1. The molecule has 0 N–H and O–H groups in total. The number of aryl methyl sites for hydroxylation is 4. The molecule has 0 saturated heterocycles. The van der Waals surface area contributed by atoms with E-state index in [-0.39, 0.29) is 20.4 Å². The molecule has 0 atom stereocenters. The second-order valence-electron chi connectivity index (χ2n) is 12.2. The van der Waals surface area contributed by atoms with Crippen molar-refractivity contribution in [3.8, 4) is 39.9 Å². The van der Waals surface area contributed by atoms with Gasteiger partial charge in [0.1, 0.15) is 11.6 Å². The number of methoxy groups -OCH3 is 1. The average molecular weight is 725 g/mol. The second kappa shape index (κ2) is 13.8. The molecule has 48 heavy (non-hydrogen) atoms. The van der Waals surface area contributed by atoms with Crippen molar-refractivity contribution in [3.63, 3.8) is 0 Å². The van der Waals surface area contributed by atoms with E-state index in [1.165, 1.54) is 27.9 Å². The van der Waals surface area contributed by atoms with E-state index in [1.807, 2.05) is 30.3 Å². The van der Waals surface area contributed by atoms with Crippen LogP contribution in [-0.2, 0) is 26.8 Å². The number of unbranched alkanes of at least 4 members (excludes halogenated alkanes) is 1. The molecule has 0 amide bonds. The molecule has 3 aromatic heterocycles. The van der Waals surface area contributed by atoms with Crippen molar-refractivity contribution in [2.75, 3.05) is 7.11 Å². The molecule has 0 unspecified atom stereocenters. The number of hydrogen-bond donors (Lipinski definition) is 0. The van der Waals surface area contributed by atoms with Gasteiger partial charge >= 0.3 is 20.4 Å². The third kappa shape index (κ3) is 6.05. The van der Waals surface area contributed by atoms with Gasteiger partial charge in [0.15, 0.2) is 0 Å². The zero-order valence-corrected chi connectivity index (χ0v) is 29.7. The molecule has 7 rings (SSSR count). The van der Waals surface area contributed by atoms with E-state index in [0.717, 1.165) is 69.6 Å². The number of fused-ring (bicyclic) bond motifs is 3. The molecule has 244 valence electrons. The summed E-state index contributed by atoms with van der Waals surface area (Å²) in [5.74, 6) is 2.70. The Morgan fingerprint density at radius 2 is 1.58 bits per heavy atom. The van der Waals surface area contributed by atoms with Crippen LogP contribution >= 0.6 is 0 Å². The van der Waals surface area contributed by atoms with Crippen LogP contribution in [0.25, 0.3) is 44.4 Å². The zero-order chi connectivity index (χ0) is 32.7. The predicted octanol–water partition coefficient (Wildman–Crippen LogP) is 10.0. The minimum Gasteiger partial charge on any atom is -0.509 e. The monoisotopic (exact) mass is 724 g/mol. The van der Waals surface area contributed by atoms with Gasteiger partial charge in [-0.15, -0.1) is 35.7 Å². The molecule has 3 heterocycles. The first-order valence-electron chi connectivity index (χ1n) is 16.2. The van der Waals surface area contributed by atoms with Crippen molar-refractivity contribution in [2.45, 2.75) is 53.9 Å². The number of aromatic nitrogens is 4. The third-order valence-corrected chi connectivity index (χ3v) is 8.82. The second-order valence-corrected chi connectivity index (χ2v) is 12.2. The van der Waals surface area contributed by atoms with Gasteiger partial charge in [0.25, 0.3) is 0 Å². The van der Waals surface area contributed by atoms with Crippen LogP contribution in [0, 0.1) is 39.8 Å². The molecule has 0 saturated carbocycles. The third-order valence-electron chi connectivity index (χ3n) is 8.82. The Labute approximate surface area is 296 Å². The van der Waals surface area contributed by atoms with Crippen LogP contribution in [-0.4, -0.2) is 26.4 Å². The van der Waals surface area contributed by atoms with Crippen LogP contribution in [0.2, 0.25) is 0 Å². The fourth-order valence-electron chi connectivity index (χ4n) is 6.65. The minimum absolute atomic E-state index is 0. The fourth-order valence-corrected chi connectivity index (χ4v) is 6.65. The first-order chi connectivity index (χ1) is 22.9. The Kier molecular flexibility index (Phi) is 9.55. The molecule has 0 aliphatic heterocycles. The van der Waals surface area contributed by atoms with Crippen molar-refractivity contribution in [1.82, 2.24) is 19.3 Å². The summed E-state index contributed by atoms with van der Waals surface area (Å²) in [4.78, 5) is 4.68. The zero-order valence-electron chi connectivity index (χ0n) is 28.1. The summed E-state index contributed by atoms with van der Waals surface area (Å²) >= 11 is 0. The average Bonchev–Trinajstić information content (AvgIpc) is 3.57. The van der Waals surface area contributed by atoms with Gasteiger partial charge in [0.05, 0.1) is 12.8 Å². The van der Waals surface area contributed by atoms with Gasteiger partial charge < -0.3 is 14.0 Å². The number of rotatable bonds is 9. The van der Waals surface area contributed by atoms with E-state index in [4.69, 9.17) is 14.6 Å². The Bertz CT molecular complexity index is 2250. The normalized spacial score (nSPS) is 11.2. The van der Waals surface area contributed by atoms with Crippen molar-refractivity contribution in [2.24, 2.45) is 0 Å². The van der Waals surface area contributed by atoms with Gasteiger partial charge in [0, 0.05) is 40.5 Å². The quantitative estimate of drug-likeness (QED) is 0.110. The summed E-state index contributed by atoms with van der Waals surface area (Å²) in [5, 5.41) is 7.29. The Morgan fingerprint density at radius 3 is 2.35 bits per heavy atom. The van der Waals surface area contributed by atoms with Crippen LogP contribution < -0.4 is 9.47 Å². The van der Waals surface area contributed by atoms with Crippen molar-refractivity contribution >= 4 is 21.8 Å². The SMILES string of the molecule is CCCCc1c(-c2c(C)cccc2C)c(C)nn1-c1[c-]c(Oc2[c-]c3c(cc2)c2ccccc2n3-c2cc(OC)ccn2)cc(C)c1.[Pd+2]. The molecule has 0 fully saturated rings. The van der Waals surface area contributed by atoms with Crippen LogP contribution in [0.4, 0.5) is 0 Å². The van der Waals surface area contributed by atoms with Gasteiger partial charge in [-0.05, 0) is 73.5 Å². The standard InChI is InChI=1S/C41H38N4O2.Pd/c1-7-8-15-37-41(40-27(3)12-11-13-28(40)4)29(5)43-45(37)30-21-26(2)22-33(23-30)47-32-17-18-35-34-14-9-10-16-36(34)44(38(35)24-32)39-25-31(46-6)19-20-42-39;/h9-14,16-22,25H,7-8,15H2,1-6H3;/q-2;+2. The fraction of sp³-hybridized carbons (Fsp3) is 0.220. The van der Waals surface area contributed by atoms with Crippen molar-refractivity contribution in [3.05, 3.63) is 125 Å². The largest absolute Gasteiger partial charge is 2.00 e. The molecule has 0 spiro atoms. The molecule has 7 heteroatoms. The number of nitrogens with zero attached hydrogens (tertiary/aromatic N) is 4. The van der Waals surface area contributed by atoms with E-state index < -0.39 is 0 Å². The molecule has 0 bridgehead atoms. The van der Waals surface area contributed by atoms with Crippen LogP contribution in [0.1, 0.15) is 47.8 Å². The maximum Gasteiger partial charge on any atom is 2.00 e. The summed E-state index contributed by atoms with van der Waals surface area (Å²) in [6.07, 6.45) is 4.85. The van der Waals surface area contributed by atoms with Crippen LogP contribution in [0.3, 0.4) is 0 Å². The summed E-state index contributed by atoms with van der Waals surface area (Å²) in [6.45, 7) is 10.8. The van der Waals surface area contributed by atoms with Crippen molar-refractivity contribution < 1.29 is 29.9 Å². The van der Waals surface area contributed by atoms with Gasteiger partial charge in [-0.25, -0.2) is 4.98 Å². The maximum absolute atomic E-state index is 6.53. The first-order valence-corrected chi connectivity index (χ1v) is 16.2. The number of para-hydroxylation sites is 1. The molecular formula is C41H38N4O2Pd. The summed E-state index contributed by atoms with van der Waals surface area (Å²) < 4.78 is 16.2. The van der Waals surface area contributed by atoms with Gasteiger partial charge in [-0.2, -0.15) is 16.7 Å². The van der Waals surface area contributed by atoms with Crippen LogP contribution in [0.5, 0.6) is 17.2 Å². The van der Waals surface area contributed by atoms with E-state index in [2.05, 4.69) is 110 Å². The Morgan fingerprint density at radius 1 is 0.792 bits per heavy atom. The Balaban J connectivity index is 0.00000401. The van der Waals surface area contributed by atoms with Gasteiger partial charge in [-0.1, -0.05) is 62.2 Å². The van der Waals surface area contributed by atoms with E-state index >= 15 is 0 Å². The maximum atomic E-state index is 6.53. The first kappa shape index (κ1) is 33.2. The summed E-state index contributed by atoms with van der Waals surface area (Å²) in [7, 11) is 1.66. The molecule has 4 aromatic carbocycles. The van der Waals surface area contributed by atoms with Gasteiger partial charge in [0.2, 0.25) is 0 Å². The Hall–Kier alpha value is -4.70. The van der Waals surface area contributed by atoms with E-state index in [1.54, 1.807) is 13.3 Å². The van der Waals surface area contributed by atoms with Crippen LogP contribution in [0.15, 0.2) is 85.1 Å². The smallest absolute Gasteiger partial charge is 0.509 e. The number of ether oxygens (including phenoxy) is 2. The summed E-state index contributed by atoms with van der Waals surface area (Å²) in [5.41, 5.74) is 11.1. The van der Waals surface area contributed by atoms with Crippen molar-refractivity contribution in [1.29, 1.82) is 0 Å². The molecule has 7 aromatic rings. The molecule has 0 aliphatic rings. The molecule has 0 radical (unpaired) electrons. The van der Waals surface area contributed by atoms with Gasteiger partial charge in [-0.3, -0.25) is 4.68 Å². The van der Waals surface area contributed by atoms with E-state index in [9.17, 15) is 0 Å². The summed E-state index contributed by atoms with van der Waals surface area (Å²) in [6, 6.07) is 33.9. The molecular weight excluding hydrogens is 687 g/mol. The predicted molar refractivity (Wildman–Crippen MR) is 189 cm³/mol. The molecule has 6 nitrogen and oxygen atoms in total. The minimum atomic E-state index is 0.